The average molecular weight is 278 g/mol. The number of urea groups is 1. The molecule has 0 saturated carbocycles. The highest BCUT2D eigenvalue weighted by Gasteiger charge is 2.20. The maximum absolute atomic E-state index is 11.1. The van der Waals surface area contributed by atoms with Crippen LogP contribution in [0.15, 0.2) is 18.2 Å². The van der Waals surface area contributed by atoms with E-state index >= 15 is 0 Å². The SMILES string of the molecule is CCCCOc1cc(C[C@H]2CNC(=O)N2)ccc1OC. The Hall–Kier alpha value is -1.91. The highest BCUT2D eigenvalue weighted by molar-refractivity contribution is 5.76. The van der Waals surface area contributed by atoms with E-state index in [0.29, 0.717) is 13.2 Å². The van der Waals surface area contributed by atoms with Crippen molar-refractivity contribution in [3.63, 3.8) is 0 Å². The Morgan fingerprint density at radius 2 is 2.20 bits per heavy atom. The lowest BCUT2D eigenvalue weighted by molar-refractivity contribution is 0.247. The first-order chi connectivity index (χ1) is 9.72. The molecule has 1 heterocycles. The second kappa shape index (κ2) is 7.03. The van der Waals surface area contributed by atoms with E-state index in [9.17, 15) is 4.79 Å². The average Bonchev–Trinajstić information content (AvgIpc) is 2.85. The third-order valence-corrected chi connectivity index (χ3v) is 3.31. The molecule has 0 unspecified atom stereocenters. The molecule has 20 heavy (non-hydrogen) atoms. The van der Waals surface area contributed by atoms with Gasteiger partial charge in [0, 0.05) is 6.54 Å². The first kappa shape index (κ1) is 14.5. The summed E-state index contributed by atoms with van der Waals surface area (Å²) in [5, 5.41) is 5.64. The van der Waals surface area contributed by atoms with Gasteiger partial charge in [0.2, 0.25) is 0 Å². The molecule has 1 aromatic carbocycles. The predicted octanol–water partition coefficient (Wildman–Crippen LogP) is 2.10. The lowest BCUT2D eigenvalue weighted by Gasteiger charge is -2.14. The van der Waals surface area contributed by atoms with Crippen molar-refractivity contribution in [2.75, 3.05) is 20.3 Å². The van der Waals surface area contributed by atoms with Crippen molar-refractivity contribution in [3.05, 3.63) is 23.8 Å². The number of benzene rings is 1. The number of nitrogens with one attached hydrogen (secondary N) is 2. The lowest BCUT2D eigenvalue weighted by Crippen LogP contribution is -2.28. The number of hydrogen-bond acceptors (Lipinski definition) is 3. The van der Waals surface area contributed by atoms with E-state index in [1.165, 1.54) is 0 Å². The minimum absolute atomic E-state index is 0.0945. The van der Waals surface area contributed by atoms with Crippen LogP contribution in [0.2, 0.25) is 0 Å². The van der Waals surface area contributed by atoms with Crippen LogP contribution in [0.3, 0.4) is 0 Å². The minimum atomic E-state index is -0.0945. The molecule has 0 bridgehead atoms. The highest BCUT2D eigenvalue weighted by atomic mass is 16.5. The Balaban J connectivity index is 2.02. The van der Waals surface area contributed by atoms with Gasteiger partial charge in [-0.1, -0.05) is 19.4 Å². The predicted molar refractivity (Wildman–Crippen MR) is 77.4 cm³/mol. The minimum Gasteiger partial charge on any atom is -0.493 e. The van der Waals surface area contributed by atoms with Crippen molar-refractivity contribution in [1.29, 1.82) is 0 Å². The van der Waals surface area contributed by atoms with Crippen LogP contribution in [0.4, 0.5) is 4.79 Å². The number of ether oxygens (including phenoxy) is 2. The smallest absolute Gasteiger partial charge is 0.315 e. The van der Waals surface area contributed by atoms with Gasteiger partial charge < -0.3 is 20.1 Å². The summed E-state index contributed by atoms with van der Waals surface area (Å²) in [7, 11) is 1.64. The molecular weight excluding hydrogens is 256 g/mol. The molecule has 2 rings (SSSR count). The van der Waals surface area contributed by atoms with Crippen LogP contribution >= 0.6 is 0 Å². The molecule has 2 N–H and O–H groups in total. The fraction of sp³-hybridized carbons (Fsp3) is 0.533. The fourth-order valence-corrected chi connectivity index (χ4v) is 2.20. The summed E-state index contributed by atoms with van der Waals surface area (Å²) in [5.74, 6) is 1.52. The van der Waals surface area contributed by atoms with E-state index in [1.54, 1.807) is 7.11 Å². The van der Waals surface area contributed by atoms with Gasteiger partial charge in [0.15, 0.2) is 11.5 Å². The van der Waals surface area contributed by atoms with E-state index in [4.69, 9.17) is 9.47 Å². The molecule has 0 aliphatic carbocycles. The van der Waals surface area contributed by atoms with Crippen LogP contribution < -0.4 is 20.1 Å². The van der Waals surface area contributed by atoms with E-state index in [2.05, 4.69) is 17.6 Å². The summed E-state index contributed by atoms with van der Waals surface area (Å²) in [6.45, 7) is 3.49. The van der Waals surface area contributed by atoms with Crippen molar-refractivity contribution in [1.82, 2.24) is 10.6 Å². The van der Waals surface area contributed by atoms with Crippen molar-refractivity contribution < 1.29 is 14.3 Å². The molecule has 0 spiro atoms. The molecule has 1 aliphatic heterocycles. The van der Waals surface area contributed by atoms with Gasteiger partial charge in [-0.15, -0.1) is 0 Å². The summed E-state index contributed by atoms with van der Waals surface area (Å²) in [6.07, 6.45) is 2.91. The summed E-state index contributed by atoms with van der Waals surface area (Å²) in [6, 6.07) is 5.97. The second-order valence-electron chi connectivity index (χ2n) is 4.94. The fourth-order valence-electron chi connectivity index (χ4n) is 2.20. The summed E-state index contributed by atoms with van der Waals surface area (Å²) < 4.78 is 11.1. The quantitative estimate of drug-likeness (QED) is 0.751. The van der Waals surface area contributed by atoms with Crippen molar-refractivity contribution in [2.45, 2.75) is 32.2 Å². The molecule has 2 amide bonds. The van der Waals surface area contributed by atoms with E-state index in [0.717, 1.165) is 36.3 Å². The maximum atomic E-state index is 11.1. The maximum Gasteiger partial charge on any atom is 0.315 e. The number of carbonyl (C=O) groups excluding carboxylic acids is 1. The summed E-state index contributed by atoms with van der Waals surface area (Å²) in [4.78, 5) is 11.1. The van der Waals surface area contributed by atoms with Gasteiger partial charge in [-0.2, -0.15) is 0 Å². The number of methoxy groups -OCH3 is 1. The van der Waals surface area contributed by atoms with E-state index in [-0.39, 0.29) is 12.1 Å². The molecule has 0 radical (unpaired) electrons. The van der Waals surface area contributed by atoms with Crippen LogP contribution in [-0.4, -0.2) is 32.3 Å². The lowest BCUT2D eigenvalue weighted by atomic mass is 10.1. The summed E-state index contributed by atoms with van der Waals surface area (Å²) >= 11 is 0. The highest BCUT2D eigenvalue weighted by Crippen LogP contribution is 2.28. The van der Waals surface area contributed by atoms with Gasteiger partial charge in [-0.05, 0) is 30.5 Å². The molecule has 5 heteroatoms. The Morgan fingerprint density at radius 3 is 2.85 bits per heavy atom. The zero-order valence-corrected chi connectivity index (χ0v) is 12.1. The van der Waals surface area contributed by atoms with Gasteiger partial charge >= 0.3 is 6.03 Å². The first-order valence-electron chi connectivity index (χ1n) is 7.07. The topological polar surface area (TPSA) is 59.6 Å². The molecule has 1 fully saturated rings. The molecule has 110 valence electrons. The first-order valence-corrected chi connectivity index (χ1v) is 7.07. The van der Waals surface area contributed by atoms with Crippen LogP contribution in [-0.2, 0) is 6.42 Å². The van der Waals surface area contributed by atoms with Gasteiger partial charge in [0.05, 0.1) is 19.8 Å². The Kier molecular flexibility index (Phi) is 5.09. The number of rotatable bonds is 7. The van der Waals surface area contributed by atoms with Gasteiger partial charge in [0.1, 0.15) is 0 Å². The largest absolute Gasteiger partial charge is 0.493 e. The van der Waals surface area contributed by atoms with Gasteiger partial charge in [0.25, 0.3) is 0 Å². The normalized spacial score (nSPS) is 17.5. The van der Waals surface area contributed by atoms with Crippen LogP contribution in [0, 0.1) is 0 Å². The molecule has 1 atom stereocenters. The molecule has 0 aromatic heterocycles. The van der Waals surface area contributed by atoms with Crippen LogP contribution in [0.25, 0.3) is 0 Å². The van der Waals surface area contributed by atoms with Crippen molar-refractivity contribution in [3.8, 4) is 11.5 Å². The van der Waals surface area contributed by atoms with Crippen molar-refractivity contribution in [2.24, 2.45) is 0 Å². The monoisotopic (exact) mass is 278 g/mol. The number of unbranched alkanes of at least 4 members (excludes halogenated alkanes) is 1. The molecule has 1 aromatic rings. The van der Waals surface area contributed by atoms with Gasteiger partial charge in [-0.3, -0.25) is 0 Å². The third kappa shape index (κ3) is 3.79. The van der Waals surface area contributed by atoms with Crippen molar-refractivity contribution >= 4 is 6.03 Å². The van der Waals surface area contributed by atoms with Crippen LogP contribution in [0.5, 0.6) is 11.5 Å². The molecule has 1 aliphatic rings. The van der Waals surface area contributed by atoms with Gasteiger partial charge in [-0.25, -0.2) is 4.79 Å². The standard InChI is InChI=1S/C15H22N2O3/c1-3-4-7-20-14-9-11(5-6-13(14)19-2)8-12-10-16-15(18)17-12/h5-6,9,12H,3-4,7-8,10H2,1-2H3,(H2,16,17,18)/t12-/m0/s1. The second-order valence-corrected chi connectivity index (χ2v) is 4.94. The number of hydrogen-bond donors (Lipinski definition) is 2. The molecule has 1 saturated heterocycles. The van der Waals surface area contributed by atoms with E-state index < -0.39 is 0 Å². The Morgan fingerprint density at radius 1 is 1.35 bits per heavy atom. The van der Waals surface area contributed by atoms with E-state index in [1.807, 2.05) is 18.2 Å². The number of amides is 2. The zero-order chi connectivity index (χ0) is 14.4. The Bertz CT molecular complexity index is 462. The summed E-state index contributed by atoms with van der Waals surface area (Å²) in [5.41, 5.74) is 1.13. The molecular formula is C15H22N2O3. The molecule has 5 nitrogen and oxygen atoms in total. The third-order valence-electron chi connectivity index (χ3n) is 3.31. The zero-order valence-electron chi connectivity index (χ0n) is 12.1. The Labute approximate surface area is 119 Å². The van der Waals surface area contributed by atoms with Crippen LogP contribution in [0.1, 0.15) is 25.3 Å². The number of carbonyl (C=O) groups is 1.